The molecule has 0 aliphatic carbocycles. The third-order valence-electron chi connectivity index (χ3n) is 4.30. The lowest BCUT2D eigenvalue weighted by molar-refractivity contribution is -0.150. The molecule has 1 fully saturated rings. The third kappa shape index (κ3) is 3.06. The number of carbonyl (C=O) groups excluding carboxylic acids is 2. The highest BCUT2D eigenvalue weighted by atomic mass is 16.6. The Morgan fingerprint density at radius 3 is 2.36 bits per heavy atom. The smallest absolute Gasteiger partial charge is 0.338 e. The van der Waals surface area contributed by atoms with Crippen LogP contribution in [-0.4, -0.2) is 30.3 Å². The van der Waals surface area contributed by atoms with Crippen molar-refractivity contribution >= 4 is 11.9 Å². The average molecular weight is 336 g/mol. The minimum Gasteiger partial charge on any atom is -0.452 e. The number of hydrogen-bond donors (Lipinski definition) is 0. The Hall–Kier alpha value is -2.92. The van der Waals surface area contributed by atoms with E-state index in [-0.39, 0.29) is 0 Å². The average Bonchev–Trinajstić information content (AvgIpc) is 3.01. The molecule has 0 radical (unpaired) electrons. The molecule has 4 rings (SSSR count). The molecule has 0 N–H and O–H groups in total. The van der Waals surface area contributed by atoms with Gasteiger partial charge in [-0.15, -0.1) is 0 Å². The minimum atomic E-state index is -0.714. The van der Waals surface area contributed by atoms with Crippen LogP contribution in [0.5, 0.6) is 0 Å². The van der Waals surface area contributed by atoms with Gasteiger partial charge in [0.25, 0.3) is 0 Å². The second-order valence-corrected chi connectivity index (χ2v) is 5.93. The summed E-state index contributed by atoms with van der Waals surface area (Å²) in [5.74, 6) is -0.930. The first kappa shape index (κ1) is 15.6. The van der Waals surface area contributed by atoms with Gasteiger partial charge in [0.15, 0.2) is 12.2 Å². The lowest BCUT2D eigenvalue weighted by Gasteiger charge is -2.25. The fourth-order valence-electron chi connectivity index (χ4n) is 3.12. The molecule has 5 nitrogen and oxygen atoms in total. The molecule has 5 heteroatoms. The number of carbonyl (C=O) groups is 2. The Labute approximate surface area is 144 Å². The van der Waals surface area contributed by atoms with Crippen molar-refractivity contribution in [2.75, 3.05) is 0 Å². The largest absolute Gasteiger partial charge is 0.452 e. The molecule has 0 amide bonds. The molecule has 2 aliphatic rings. The number of esters is 2. The van der Waals surface area contributed by atoms with Gasteiger partial charge < -0.3 is 14.2 Å². The first-order chi connectivity index (χ1) is 12.2. The zero-order chi connectivity index (χ0) is 17.2. The molecular formula is C20H16O5. The normalized spacial score (nSPS) is 27.4. The summed E-state index contributed by atoms with van der Waals surface area (Å²) < 4.78 is 17.1. The standard InChI is InChI=1S/C20H16O5/c21-16-12-11-15-18(24-16)19(17(23-15)13-7-3-1-4-8-13)25-20(22)14-9-5-2-6-10-14/h1-12,15,17-19H/t15-,17+,18+,19-/m0/s1. The topological polar surface area (TPSA) is 61.8 Å². The van der Waals surface area contributed by atoms with Crippen LogP contribution in [0, 0.1) is 0 Å². The zero-order valence-corrected chi connectivity index (χ0v) is 13.3. The van der Waals surface area contributed by atoms with Crippen molar-refractivity contribution in [1.82, 2.24) is 0 Å². The molecule has 1 saturated heterocycles. The molecule has 0 bridgehead atoms. The summed E-state index contributed by atoms with van der Waals surface area (Å²) in [6.45, 7) is 0. The van der Waals surface area contributed by atoms with Crippen LogP contribution in [0.25, 0.3) is 0 Å². The van der Waals surface area contributed by atoms with Gasteiger partial charge in [-0.25, -0.2) is 9.59 Å². The van der Waals surface area contributed by atoms with Crippen molar-refractivity contribution in [2.24, 2.45) is 0 Å². The van der Waals surface area contributed by atoms with Crippen molar-refractivity contribution < 1.29 is 23.8 Å². The van der Waals surface area contributed by atoms with E-state index in [1.807, 2.05) is 36.4 Å². The summed E-state index contributed by atoms with van der Waals surface area (Å²) in [6.07, 6.45) is 0.688. The Balaban J connectivity index is 1.64. The SMILES string of the molecule is O=C1C=C[C@@H]2O[C@H](c3ccccc3)[C@H](OC(=O)c3ccccc3)[C@@H]2O1. The van der Waals surface area contributed by atoms with E-state index in [1.165, 1.54) is 6.08 Å². The van der Waals surface area contributed by atoms with Crippen molar-refractivity contribution in [3.8, 4) is 0 Å². The van der Waals surface area contributed by atoms with Gasteiger partial charge in [-0.2, -0.15) is 0 Å². The summed E-state index contributed by atoms with van der Waals surface area (Å²) in [6, 6.07) is 18.2. The van der Waals surface area contributed by atoms with E-state index < -0.39 is 36.4 Å². The van der Waals surface area contributed by atoms with Crippen LogP contribution in [0.1, 0.15) is 22.0 Å². The number of benzene rings is 2. The Morgan fingerprint density at radius 1 is 0.960 bits per heavy atom. The molecule has 25 heavy (non-hydrogen) atoms. The molecule has 2 heterocycles. The van der Waals surface area contributed by atoms with Gasteiger partial charge in [0, 0.05) is 6.08 Å². The summed E-state index contributed by atoms with van der Waals surface area (Å²) in [5, 5.41) is 0. The zero-order valence-electron chi connectivity index (χ0n) is 13.3. The molecular weight excluding hydrogens is 320 g/mol. The summed E-state index contributed by atoms with van der Waals surface area (Å²) >= 11 is 0. The molecule has 0 unspecified atom stereocenters. The van der Waals surface area contributed by atoms with Crippen LogP contribution in [0.15, 0.2) is 72.8 Å². The van der Waals surface area contributed by atoms with Crippen molar-refractivity contribution in [1.29, 1.82) is 0 Å². The highest BCUT2D eigenvalue weighted by Crippen LogP contribution is 2.39. The van der Waals surface area contributed by atoms with Gasteiger partial charge in [0.05, 0.1) is 5.56 Å². The third-order valence-corrected chi connectivity index (χ3v) is 4.30. The van der Waals surface area contributed by atoms with Gasteiger partial charge in [0.1, 0.15) is 12.2 Å². The number of ether oxygens (including phenoxy) is 3. The van der Waals surface area contributed by atoms with Gasteiger partial charge in [-0.1, -0.05) is 48.5 Å². The highest BCUT2D eigenvalue weighted by Gasteiger charge is 2.50. The monoisotopic (exact) mass is 336 g/mol. The van der Waals surface area contributed by atoms with Gasteiger partial charge in [0.2, 0.25) is 0 Å². The summed E-state index contributed by atoms with van der Waals surface area (Å²) in [5.41, 5.74) is 1.31. The Morgan fingerprint density at radius 2 is 1.64 bits per heavy atom. The number of hydrogen-bond acceptors (Lipinski definition) is 5. The molecule has 0 spiro atoms. The fraction of sp³-hybridized carbons (Fsp3) is 0.200. The minimum absolute atomic E-state index is 0.434. The second-order valence-electron chi connectivity index (χ2n) is 5.93. The molecule has 2 aromatic rings. The van der Waals surface area contributed by atoms with E-state index in [0.717, 1.165) is 5.56 Å². The van der Waals surface area contributed by atoms with E-state index in [0.29, 0.717) is 5.56 Å². The van der Waals surface area contributed by atoms with Crippen molar-refractivity contribution in [3.63, 3.8) is 0 Å². The van der Waals surface area contributed by atoms with Crippen LogP contribution in [-0.2, 0) is 19.0 Å². The maximum Gasteiger partial charge on any atom is 0.338 e. The quantitative estimate of drug-likeness (QED) is 0.807. The van der Waals surface area contributed by atoms with Crippen LogP contribution >= 0.6 is 0 Å². The first-order valence-corrected chi connectivity index (χ1v) is 8.07. The fourth-order valence-corrected chi connectivity index (χ4v) is 3.12. The summed E-state index contributed by atoms with van der Waals surface area (Å²) in [4.78, 5) is 24.1. The van der Waals surface area contributed by atoms with Gasteiger partial charge >= 0.3 is 11.9 Å². The summed E-state index contributed by atoms with van der Waals surface area (Å²) in [7, 11) is 0. The predicted molar refractivity (Wildman–Crippen MR) is 88.7 cm³/mol. The van der Waals surface area contributed by atoms with Crippen LogP contribution in [0.3, 0.4) is 0 Å². The first-order valence-electron chi connectivity index (χ1n) is 8.07. The van der Waals surface area contributed by atoms with E-state index in [1.54, 1.807) is 30.3 Å². The van der Waals surface area contributed by atoms with E-state index in [2.05, 4.69) is 0 Å². The molecule has 0 saturated carbocycles. The van der Waals surface area contributed by atoms with Crippen LogP contribution in [0.4, 0.5) is 0 Å². The maximum absolute atomic E-state index is 12.5. The van der Waals surface area contributed by atoms with Crippen molar-refractivity contribution in [2.45, 2.75) is 24.4 Å². The Kier molecular flexibility index (Phi) is 4.07. The van der Waals surface area contributed by atoms with Crippen LogP contribution < -0.4 is 0 Å². The molecule has 0 aromatic heterocycles. The maximum atomic E-state index is 12.5. The predicted octanol–water partition coefficient (Wildman–Crippen LogP) is 2.83. The molecule has 2 aromatic carbocycles. The lowest BCUT2D eigenvalue weighted by Crippen LogP contribution is -2.39. The molecule has 4 atom stereocenters. The number of fused-ring (bicyclic) bond motifs is 1. The van der Waals surface area contributed by atoms with Gasteiger partial charge in [-0.05, 0) is 23.8 Å². The number of rotatable bonds is 3. The van der Waals surface area contributed by atoms with E-state index in [4.69, 9.17) is 14.2 Å². The highest BCUT2D eigenvalue weighted by molar-refractivity contribution is 5.89. The van der Waals surface area contributed by atoms with Gasteiger partial charge in [-0.3, -0.25) is 0 Å². The second kappa shape index (κ2) is 6.53. The molecule has 2 aliphatic heterocycles. The lowest BCUT2D eigenvalue weighted by atomic mass is 10.00. The van der Waals surface area contributed by atoms with Crippen molar-refractivity contribution in [3.05, 3.63) is 83.9 Å². The van der Waals surface area contributed by atoms with Crippen LogP contribution in [0.2, 0.25) is 0 Å². The Bertz CT molecular complexity index is 799. The van der Waals surface area contributed by atoms with E-state index in [9.17, 15) is 9.59 Å². The molecule has 126 valence electrons. The van der Waals surface area contributed by atoms with E-state index >= 15 is 0 Å².